The number of nitrogens with zero attached hydrogens (tertiary/aromatic N) is 1. The van der Waals surface area contributed by atoms with E-state index in [0.717, 1.165) is 24.3 Å². The zero-order valence-corrected chi connectivity index (χ0v) is 10.3. The van der Waals surface area contributed by atoms with E-state index in [1.54, 1.807) is 0 Å². The summed E-state index contributed by atoms with van der Waals surface area (Å²) in [6, 6.07) is 5.96. The predicted octanol–water partition coefficient (Wildman–Crippen LogP) is 3.31. The second-order valence-electron chi connectivity index (χ2n) is 4.08. The van der Waals surface area contributed by atoms with Crippen molar-refractivity contribution in [1.82, 2.24) is 0 Å². The van der Waals surface area contributed by atoms with E-state index in [2.05, 4.69) is 5.32 Å². The average molecular weight is 294 g/mol. The molecule has 21 heavy (non-hydrogen) atoms. The molecule has 2 aromatic carbocycles. The van der Waals surface area contributed by atoms with Gasteiger partial charge in [-0.25, -0.2) is 13.6 Å². The monoisotopic (exact) mass is 294 g/mol. The van der Waals surface area contributed by atoms with Gasteiger partial charge in [0.2, 0.25) is 0 Å². The van der Waals surface area contributed by atoms with Crippen LogP contribution in [0.5, 0.6) is 0 Å². The van der Waals surface area contributed by atoms with Gasteiger partial charge in [-0.1, -0.05) is 0 Å². The third-order valence-corrected chi connectivity index (χ3v) is 2.57. The van der Waals surface area contributed by atoms with Gasteiger partial charge in [0.05, 0.1) is 4.92 Å². The second-order valence-corrected chi connectivity index (χ2v) is 4.08. The van der Waals surface area contributed by atoms with Crippen molar-refractivity contribution in [3.8, 4) is 0 Å². The molecule has 2 rings (SSSR count). The van der Waals surface area contributed by atoms with E-state index in [1.165, 1.54) is 6.07 Å². The van der Waals surface area contributed by atoms with Gasteiger partial charge in [-0.3, -0.25) is 10.1 Å². The Labute approximate surface area is 116 Å². The highest BCUT2D eigenvalue weighted by molar-refractivity contribution is 5.93. The molecule has 2 aromatic rings. The van der Waals surface area contributed by atoms with Crippen LogP contribution in [0.25, 0.3) is 0 Å². The Kier molecular flexibility index (Phi) is 3.79. The number of rotatable bonds is 4. The maximum absolute atomic E-state index is 13.0. The van der Waals surface area contributed by atoms with Gasteiger partial charge in [0.15, 0.2) is 0 Å². The lowest BCUT2D eigenvalue weighted by molar-refractivity contribution is -0.385. The Morgan fingerprint density at radius 3 is 2.24 bits per heavy atom. The van der Waals surface area contributed by atoms with E-state index in [1.807, 2.05) is 0 Å². The van der Waals surface area contributed by atoms with Crippen molar-refractivity contribution in [2.75, 3.05) is 5.32 Å². The Balaban J connectivity index is 2.39. The Morgan fingerprint density at radius 2 is 1.71 bits per heavy atom. The van der Waals surface area contributed by atoms with Crippen molar-refractivity contribution in [2.24, 2.45) is 0 Å². The SMILES string of the molecule is O=C(O)c1cc(Nc2cc(F)cc(F)c2)ccc1[N+](=O)[O-]. The van der Waals surface area contributed by atoms with Crippen LogP contribution in [0.2, 0.25) is 0 Å². The summed E-state index contributed by atoms with van der Waals surface area (Å²) >= 11 is 0. The van der Waals surface area contributed by atoms with Crippen LogP contribution in [0.15, 0.2) is 36.4 Å². The molecule has 0 amide bonds. The van der Waals surface area contributed by atoms with Crippen molar-refractivity contribution < 1.29 is 23.6 Å². The lowest BCUT2D eigenvalue weighted by atomic mass is 10.1. The van der Waals surface area contributed by atoms with Gasteiger partial charge in [-0.15, -0.1) is 0 Å². The minimum atomic E-state index is -1.48. The molecular formula is C13H8F2N2O4. The van der Waals surface area contributed by atoms with Crippen molar-refractivity contribution in [1.29, 1.82) is 0 Å². The minimum absolute atomic E-state index is 0.0534. The molecule has 0 aliphatic rings. The topological polar surface area (TPSA) is 92.5 Å². The summed E-state index contributed by atoms with van der Waals surface area (Å²) in [4.78, 5) is 20.9. The quantitative estimate of drug-likeness (QED) is 0.666. The van der Waals surface area contributed by atoms with E-state index < -0.39 is 33.8 Å². The fourth-order valence-corrected chi connectivity index (χ4v) is 1.74. The number of benzene rings is 2. The molecule has 6 nitrogen and oxygen atoms in total. The number of carboxylic acid groups (broad SMARTS) is 1. The fourth-order valence-electron chi connectivity index (χ4n) is 1.74. The molecule has 0 heterocycles. The third-order valence-electron chi connectivity index (χ3n) is 2.57. The molecule has 0 bridgehead atoms. The number of hydrogen-bond donors (Lipinski definition) is 2. The van der Waals surface area contributed by atoms with E-state index in [9.17, 15) is 23.7 Å². The van der Waals surface area contributed by atoms with Crippen molar-refractivity contribution in [3.05, 3.63) is 63.7 Å². The molecule has 0 saturated carbocycles. The number of nitro groups is 1. The smallest absolute Gasteiger partial charge is 0.342 e. The number of nitrogens with one attached hydrogen (secondary N) is 1. The maximum Gasteiger partial charge on any atom is 0.342 e. The largest absolute Gasteiger partial charge is 0.477 e. The first-order valence-electron chi connectivity index (χ1n) is 5.61. The number of anilines is 2. The molecule has 8 heteroatoms. The van der Waals surface area contributed by atoms with Gasteiger partial charge < -0.3 is 10.4 Å². The highest BCUT2D eigenvalue weighted by Crippen LogP contribution is 2.25. The van der Waals surface area contributed by atoms with Gasteiger partial charge in [0, 0.05) is 23.5 Å². The molecule has 0 atom stereocenters. The van der Waals surface area contributed by atoms with E-state index in [-0.39, 0.29) is 11.4 Å². The number of carboxylic acids is 1. The van der Waals surface area contributed by atoms with Crippen LogP contribution < -0.4 is 5.32 Å². The lowest BCUT2D eigenvalue weighted by Gasteiger charge is -2.08. The molecule has 0 radical (unpaired) electrons. The van der Waals surface area contributed by atoms with Crippen LogP contribution in [-0.2, 0) is 0 Å². The fraction of sp³-hybridized carbons (Fsp3) is 0. The lowest BCUT2D eigenvalue weighted by Crippen LogP contribution is -2.03. The highest BCUT2D eigenvalue weighted by atomic mass is 19.1. The Morgan fingerprint density at radius 1 is 1.10 bits per heavy atom. The molecule has 0 aliphatic heterocycles. The third kappa shape index (κ3) is 3.30. The predicted molar refractivity (Wildman–Crippen MR) is 69.7 cm³/mol. The summed E-state index contributed by atoms with van der Waals surface area (Å²) in [5, 5.41) is 22.2. The van der Waals surface area contributed by atoms with E-state index in [4.69, 9.17) is 5.11 Å². The summed E-state index contributed by atoms with van der Waals surface area (Å²) in [6.07, 6.45) is 0. The normalized spacial score (nSPS) is 10.2. The second kappa shape index (κ2) is 5.53. The first kappa shape index (κ1) is 14.4. The zero-order chi connectivity index (χ0) is 15.6. The molecule has 0 spiro atoms. The minimum Gasteiger partial charge on any atom is -0.477 e. The molecular weight excluding hydrogens is 286 g/mol. The summed E-state index contributed by atoms with van der Waals surface area (Å²) in [7, 11) is 0. The molecule has 0 unspecified atom stereocenters. The van der Waals surface area contributed by atoms with Crippen molar-refractivity contribution >= 4 is 23.0 Å². The molecule has 0 aliphatic carbocycles. The standard InChI is InChI=1S/C13H8F2N2O4/c14-7-3-8(15)5-10(4-7)16-9-1-2-12(17(20)21)11(6-9)13(18)19/h1-6,16H,(H,18,19). The van der Waals surface area contributed by atoms with Gasteiger partial charge in [-0.2, -0.15) is 0 Å². The number of nitro benzene ring substituents is 1. The van der Waals surface area contributed by atoms with Crippen LogP contribution >= 0.6 is 0 Å². The van der Waals surface area contributed by atoms with Crippen LogP contribution in [0.3, 0.4) is 0 Å². The van der Waals surface area contributed by atoms with E-state index in [0.29, 0.717) is 6.07 Å². The van der Waals surface area contributed by atoms with E-state index >= 15 is 0 Å². The highest BCUT2D eigenvalue weighted by Gasteiger charge is 2.20. The number of halogens is 2. The Bertz CT molecular complexity index is 714. The van der Waals surface area contributed by atoms with Gasteiger partial charge in [-0.05, 0) is 24.3 Å². The van der Waals surface area contributed by atoms with Crippen molar-refractivity contribution in [3.63, 3.8) is 0 Å². The summed E-state index contributed by atoms with van der Waals surface area (Å²) < 4.78 is 26.1. The van der Waals surface area contributed by atoms with Crippen LogP contribution in [-0.4, -0.2) is 16.0 Å². The molecule has 0 fully saturated rings. The number of carbonyl (C=O) groups is 1. The number of aromatic carboxylic acids is 1. The van der Waals surface area contributed by atoms with Gasteiger partial charge in [0.25, 0.3) is 5.69 Å². The first-order valence-corrected chi connectivity index (χ1v) is 5.61. The zero-order valence-electron chi connectivity index (χ0n) is 10.3. The molecule has 0 aromatic heterocycles. The molecule has 0 saturated heterocycles. The molecule has 2 N–H and O–H groups in total. The van der Waals surface area contributed by atoms with Gasteiger partial charge in [0.1, 0.15) is 17.2 Å². The molecule has 108 valence electrons. The summed E-state index contributed by atoms with van der Waals surface area (Å²) in [5.74, 6) is -3.09. The maximum atomic E-state index is 13.0. The van der Waals surface area contributed by atoms with Crippen LogP contribution in [0.4, 0.5) is 25.8 Å². The Hall–Kier alpha value is -3.03. The summed E-state index contributed by atoms with van der Waals surface area (Å²) in [5.41, 5.74) is -0.888. The van der Waals surface area contributed by atoms with Crippen molar-refractivity contribution in [2.45, 2.75) is 0 Å². The average Bonchev–Trinajstić information content (AvgIpc) is 2.36. The first-order chi connectivity index (χ1) is 9.86. The van der Waals surface area contributed by atoms with Crippen LogP contribution in [0.1, 0.15) is 10.4 Å². The van der Waals surface area contributed by atoms with Crippen LogP contribution in [0, 0.1) is 21.7 Å². The summed E-state index contributed by atoms with van der Waals surface area (Å²) in [6.45, 7) is 0. The number of hydrogen-bond acceptors (Lipinski definition) is 4. The van der Waals surface area contributed by atoms with Gasteiger partial charge >= 0.3 is 5.97 Å².